The summed E-state index contributed by atoms with van der Waals surface area (Å²) in [5, 5.41) is 12.2. The zero-order chi connectivity index (χ0) is 33.8. The highest BCUT2D eigenvalue weighted by molar-refractivity contribution is 7.90. The number of halogens is 1. The summed E-state index contributed by atoms with van der Waals surface area (Å²) >= 11 is 6.44. The topological polar surface area (TPSA) is 95.9 Å². The van der Waals surface area contributed by atoms with Crippen molar-refractivity contribution in [1.82, 2.24) is 4.72 Å². The second kappa shape index (κ2) is 12.6. The van der Waals surface area contributed by atoms with Gasteiger partial charge in [0.05, 0.1) is 17.5 Å². The number of amides is 1. The highest BCUT2D eigenvalue weighted by atomic mass is 35.5. The third-order valence-electron chi connectivity index (χ3n) is 10.8. The van der Waals surface area contributed by atoms with Gasteiger partial charge in [0.1, 0.15) is 19.4 Å². The van der Waals surface area contributed by atoms with Gasteiger partial charge in [-0.25, -0.2) is 13.1 Å². The van der Waals surface area contributed by atoms with Crippen molar-refractivity contribution < 1.29 is 23.1 Å². The van der Waals surface area contributed by atoms with Crippen LogP contribution in [0.3, 0.4) is 0 Å². The first-order valence-electron chi connectivity index (χ1n) is 16.9. The Balaban J connectivity index is 1.47. The number of hydrogen-bond acceptors (Lipinski definition) is 6. The molecular weight excluding hydrogens is 648 g/mol. The van der Waals surface area contributed by atoms with E-state index in [0.717, 1.165) is 42.8 Å². The summed E-state index contributed by atoms with van der Waals surface area (Å²) in [4.78, 5) is 15.8. The van der Waals surface area contributed by atoms with E-state index in [-0.39, 0.29) is 28.7 Å². The van der Waals surface area contributed by atoms with Crippen molar-refractivity contribution in [1.29, 1.82) is 0 Å². The maximum Gasteiger partial charge on any atom is 0.264 e. The number of hydrogen-bond donors (Lipinski definition) is 2. The minimum Gasteiger partial charge on any atom is -0.490 e. The van der Waals surface area contributed by atoms with Gasteiger partial charge in [-0.2, -0.15) is 0 Å². The first-order chi connectivity index (χ1) is 22.1. The molecule has 6 rings (SSSR count). The Labute approximate surface area is 286 Å². The molecular formula is C37H47ClN2O5SSi. The van der Waals surface area contributed by atoms with Gasteiger partial charge in [0.25, 0.3) is 5.91 Å². The number of nitrogens with one attached hydrogen (secondary N) is 1. The lowest BCUT2D eigenvalue weighted by Crippen LogP contribution is -2.52. The Hall–Kier alpha value is -2.77. The van der Waals surface area contributed by atoms with Crippen LogP contribution in [0.1, 0.15) is 67.4 Å². The third kappa shape index (κ3) is 6.89. The number of anilines is 1. The van der Waals surface area contributed by atoms with Gasteiger partial charge >= 0.3 is 0 Å². The Morgan fingerprint density at radius 2 is 1.91 bits per heavy atom. The van der Waals surface area contributed by atoms with Crippen LogP contribution in [0, 0.1) is 29.2 Å². The van der Waals surface area contributed by atoms with Gasteiger partial charge < -0.3 is 14.7 Å². The van der Waals surface area contributed by atoms with E-state index in [4.69, 9.17) is 16.3 Å². The number of allylic oxidation sites excluding steroid dienone is 1. The van der Waals surface area contributed by atoms with Gasteiger partial charge in [-0.05, 0) is 105 Å². The monoisotopic (exact) mass is 694 g/mol. The second-order valence-electron chi connectivity index (χ2n) is 15.4. The summed E-state index contributed by atoms with van der Waals surface area (Å²) in [7, 11) is -5.78. The molecule has 0 aromatic heterocycles. The van der Waals surface area contributed by atoms with Crippen LogP contribution >= 0.6 is 11.6 Å². The first-order valence-corrected chi connectivity index (χ1v) is 22.3. The molecule has 6 atom stereocenters. The van der Waals surface area contributed by atoms with Crippen molar-refractivity contribution in [3.8, 4) is 17.2 Å². The number of fused-ring (bicyclic) bond motifs is 4. The van der Waals surface area contributed by atoms with Gasteiger partial charge in [-0.15, -0.1) is 5.54 Å². The number of ether oxygens (including phenoxy) is 1. The molecule has 7 nitrogen and oxygen atoms in total. The van der Waals surface area contributed by atoms with Crippen molar-refractivity contribution in [3.05, 3.63) is 70.3 Å². The van der Waals surface area contributed by atoms with E-state index in [1.165, 1.54) is 11.1 Å². The van der Waals surface area contributed by atoms with Gasteiger partial charge in [0.2, 0.25) is 10.0 Å². The largest absolute Gasteiger partial charge is 0.490 e. The average molecular weight is 695 g/mol. The standard InChI is InChI=1S/C37H47ClN2O5SSi/c1-25-8-6-17-37(42,18-19-47(3,4)5)32-13-10-29(32)22-40-23-36(16-7-9-27-20-30(38)12-14-31(27)36)24-45-34-15-11-28(21-33(34)40)35(41)39-46(43,44)26(25)2/h6,11-12,14-15,17,20-21,25-26,29,32,42H,7-10,13,16,22-24H2,1-5H3,(H,39,41)/b17-6-/t25-,26+,29-,32+,36-,37+/m0/s1. The van der Waals surface area contributed by atoms with Crippen LogP contribution in [-0.2, 0) is 21.9 Å². The zero-order valence-corrected chi connectivity index (χ0v) is 30.7. The third-order valence-corrected chi connectivity index (χ3v) is 13.8. The molecule has 1 fully saturated rings. The number of aliphatic hydroxyl groups is 1. The van der Waals surface area contributed by atoms with Gasteiger partial charge in [-0.3, -0.25) is 4.79 Å². The first kappa shape index (κ1) is 34.1. The van der Waals surface area contributed by atoms with Crippen LogP contribution < -0.4 is 14.4 Å². The summed E-state index contributed by atoms with van der Waals surface area (Å²) in [6, 6.07) is 11.4. The van der Waals surface area contributed by atoms with E-state index in [2.05, 4.69) is 52.9 Å². The fourth-order valence-corrected chi connectivity index (χ4v) is 9.75. The average Bonchev–Trinajstić information content (AvgIpc) is 3.13. The van der Waals surface area contributed by atoms with Crippen molar-refractivity contribution >= 4 is 41.3 Å². The molecule has 47 heavy (non-hydrogen) atoms. The molecule has 2 bridgehead atoms. The molecule has 1 spiro atoms. The van der Waals surface area contributed by atoms with E-state index in [0.29, 0.717) is 31.9 Å². The van der Waals surface area contributed by atoms with Crippen molar-refractivity contribution in [2.75, 3.05) is 24.6 Å². The van der Waals surface area contributed by atoms with Crippen molar-refractivity contribution in [2.24, 2.45) is 17.8 Å². The van der Waals surface area contributed by atoms with E-state index >= 15 is 0 Å². The molecule has 0 saturated heterocycles. The molecule has 2 heterocycles. The number of rotatable bonds is 0. The van der Waals surface area contributed by atoms with Gasteiger partial charge in [-0.1, -0.05) is 56.2 Å². The van der Waals surface area contributed by atoms with Crippen molar-refractivity contribution in [2.45, 2.75) is 88.3 Å². The molecule has 1 saturated carbocycles. The summed E-state index contributed by atoms with van der Waals surface area (Å²) < 4.78 is 35.7. The lowest BCUT2D eigenvalue weighted by Gasteiger charge is -2.47. The number of carbonyl (C=O) groups is 1. The van der Waals surface area contributed by atoms with E-state index in [1.807, 2.05) is 25.1 Å². The highest BCUT2D eigenvalue weighted by Gasteiger charge is 2.48. The fourth-order valence-electron chi connectivity index (χ4n) is 7.69. The second-order valence-corrected chi connectivity index (χ2v) is 22.6. The maximum absolute atomic E-state index is 13.5. The molecule has 10 heteroatoms. The van der Waals surface area contributed by atoms with Crippen LogP contribution in [0.15, 0.2) is 48.6 Å². The number of carbonyl (C=O) groups excluding carboxylic acids is 1. The lowest BCUT2D eigenvalue weighted by atomic mass is 9.64. The summed E-state index contributed by atoms with van der Waals surface area (Å²) in [5.74, 6) is 3.11. The predicted molar refractivity (Wildman–Crippen MR) is 191 cm³/mol. The molecule has 0 radical (unpaired) electrons. The smallest absolute Gasteiger partial charge is 0.264 e. The number of sulfonamides is 1. The summed E-state index contributed by atoms with van der Waals surface area (Å²) in [5.41, 5.74) is 5.31. The number of benzene rings is 2. The van der Waals surface area contributed by atoms with E-state index in [1.54, 1.807) is 25.1 Å². The van der Waals surface area contributed by atoms with Crippen molar-refractivity contribution in [3.63, 3.8) is 0 Å². The normalized spacial score (nSPS) is 32.7. The molecule has 252 valence electrons. The molecule has 1 amide bonds. The Morgan fingerprint density at radius 3 is 2.64 bits per heavy atom. The van der Waals surface area contributed by atoms with Crippen LogP contribution in [0.2, 0.25) is 24.7 Å². The van der Waals surface area contributed by atoms with E-state index in [9.17, 15) is 18.3 Å². The summed E-state index contributed by atoms with van der Waals surface area (Å²) in [6.07, 6.45) is 8.84. The molecule has 2 aromatic carbocycles. The lowest BCUT2D eigenvalue weighted by molar-refractivity contribution is -0.00315. The van der Waals surface area contributed by atoms with Crippen LogP contribution in [0.5, 0.6) is 5.75 Å². The SMILES string of the molecule is C[C@@H]1[C@@H](C)C/C=C\[C@@](O)(C#C[Si](C)(C)C)[C@@H]2CC[C@H]2CN2C[C@@]3(CCCc4cc(Cl)ccc43)COc3ccc(cc32)C(=O)NS1(=O)=O. The Bertz CT molecular complexity index is 1760. The van der Waals surface area contributed by atoms with Crippen LogP contribution in [0.25, 0.3) is 0 Å². The number of nitrogens with zero attached hydrogens (tertiary/aromatic N) is 1. The van der Waals surface area contributed by atoms with Gasteiger partial charge in [0.15, 0.2) is 0 Å². The van der Waals surface area contributed by atoms with E-state index < -0.39 is 34.9 Å². The summed E-state index contributed by atoms with van der Waals surface area (Å²) in [6.45, 7) is 11.8. The zero-order valence-electron chi connectivity index (χ0n) is 28.1. The number of aryl methyl sites for hydroxylation is 1. The highest BCUT2D eigenvalue weighted by Crippen LogP contribution is 2.48. The molecule has 0 unspecified atom stereocenters. The molecule has 2 N–H and O–H groups in total. The van der Waals surface area contributed by atoms with Gasteiger partial charge in [0, 0.05) is 35.0 Å². The molecule has 4 aliphatic rings. The Morgan fingerprint density at radius 1 is 1.13 bits per heavy atom. The molecule has 2 aromatic rings. The molecule has 2 aliphatic carbocycles. The van der Waals surface area contributed by atoms with Crippen LogP contribution in [-0.4, -0.2) is 58.1 Å². The maximum atomic E-state index is 13.5. The minimum atomic E-state index is -3.98. The molecule has 2 aliphatic heterocycles. The minimum absolute atomic E-state index is 0.0838. The fraction of sp³-hybridized carbons (Fsp3) is 0.541. The van der Waals surface area contributed by atoms with Crippen LogP contribution in [0.4, 0.5) is 5.69 Å². The Kier molecular flexibility index (Phi) is 9.14. The quantitative estimate of drug-likeness (QED) is 0.186. The predicted octanol–water partition coefficient (Wildman–Crippen LogP) is 6.50.